The molecule has 2 saturated heterocycles. The van der Waals surface area contributed by atoms with Crippen LogP contribution in [0.25, 0.3) is 5.69 Å². The second kappa shape index (κ2) is 6.23. The van der Waals surface area contributed by atoms with Crippen LogP contribution in [-0.2, 0) is 16.4 Å². The van der Waals surface area contributed by atoms with Crippen molar-refractivity contribution < 1.29 is 8.42 Å². The molecule has 25 heavy (non-hydrogen) atoms. The number of piperazine rings is 1. The summed E-state index contributed by atoms with van der Waals surface area (Å²) >= 11 is 0. The van der Waals surface area contributed by atoms with E-state index in [1.54, 1.807) is 0 Å². The molecule has 6 nitrogen and oxygen atoms in total. The van der Waals surface area contributed by atoms with Gasteiger partial charge in [-0.05, 0) is 26.1 Å². The lowest BCUT2D eigenvalue weighted by Gasteiger charge is -2.42. The first-order valence-electron chi connectivity index (χ1n) is 8.67. The summed E-state index contributed by atoms with van der Waals surface area (Å²) < 4.78 is 26.1. The van der Waals surface area contributed by atoms with Crippen molar-refractivity contribution >= 4 is 9.84 Å². The minimum atomic E-state index is -2.93. The highest BCUT2D eigenvalue weighted by molar-refractivity contribution is 7.91. The third-order valence-corrected chi connectivity index (χ3v) is 7.09. The minimum Gasteiger partial charge on any atom is -0.300 e. The summed E-state index contributed by atoms with van der Waals surface area (Å²) in [6.45, 7) is 4.61. The Morgan fingerprint density at radius 2 is 1.84 bits per heavy atom. The Balaban J connectivity index is 1.51. The Morgan fingerprint density at radius 3 is 2.60 bits per heavy atom. The van der Waals surface area contributed by atoms with Gasteiger partial charge in [0.1, 0.15) is 0 Å². The minimum absolute atomic E-state index is 0.0893. The van der Waals surface area contributed by atoms with Crippen molar-refractivity contribution in [3.05, 3.63) is 47.8 Å². The molecule has 2 aromatic rings. The number of aromatic nitrogens is 2. The van der Waals surface area contributed by atoms with Crippen LogP contribution in [0.3, 0.4) is 0 Å². The number of hydrogen-bond acceptors (Lipinski definition) is 5. The fourth-order valence-corrected chi connectivity index (χ4v) is 6.00. The number of benzene rings is 1. The van der Waals surface area contributed by atoms with E-state index in [0.717, 1.165) is 30.9 Å². The summed E-state index contributed by atoms with van der Waals surface area (Å²) in [5, 5.41) is 4.47. The molecule has 0 amide bonds. The van der Waals surface area contributed by atoms with Crippen molar-refractivity contribution in [2.24, 2.45) is 0 Å². The highest BCUT2D eigenvalue weighted by Gasteiger charge is 2.45. The molecule has 134 valence electrons. The maximum absolute atomic E-state index is 12.1. The van der Waals surface area contributed by atoms with Gasteiger partial charge >= 0.3 is 0 Å². The van der Waals surface area contributed by atoms with Gasteiger partial charge in [-0.25, -0.2) is 13.1 Å². The quantitative estimate of drug-likeness (QED) is 0.820. The monoisotopic (exact) mass is 360 g/mol. The second-order valence-corrected chi connectivity index (χ2v) is 9.45. The van der Waals surface area contributed by atoms with Gasteiger partial charge in [-0.2, -0.15) is 5.10 Å². The molecule has 0 unspecified atom stereocenters. The standard InChI is InChI=1S/C18H24N4O2S/c1-14-3-5-16(6-4-14)22-11-15(9-19-22)10-21-8-7-20(2)17-12-25(23,24)13-18(17)21/h3-6,9,11,17-18H,7-8,10,12-13H2,1-2H3/t17-,18+/m0/s1. The zero-order valence-electron chi connectivity index (χ0n) is 14.7. The molecule has 3 heterocycles. The Morgan fingerprint density at radius 1 is 1.12 bits per heavy atom. The van der Waals surface area contributed by atoms with E-state index in [1.165, 1.54) is 5.56 Å². The zero-order chi connectivity index (χ0) is 17.6. The number of rotatable bonds is 3. The lowest BCUT2D eigenvalue weighted by molar-refractivity contribution is 0.0573. The van der Waals surface area contributed by atoms with Crippen molar-refractivity contribution in [3.63, 3.8) is 0 Å². The number of nitrogens with zero attached hydrogens (tertiary/aromatic N) is 4. The molecule has 2 atom stereocenters. The van der Waals surface area contributed by atoms with E-state index in [9.17, 15) is 8.42 Å². The predicted octanol–water partition coefficient (Wildman–Crippen LogP) is 1.09. The topological polar surface area (TPSA) is 58.4 Å². The fraction of sp³-hybridized carbons (Fsp3) is 0.500. The van der Waals surface area contributed by atoms with Gasteiger partial charge in [0.15, 0.2) is 9.84 Å². The molecule has 2 aliphatic heterocycles. The van der Waals surface area contributed by atoms with Crippen LogP contribution in [0.15, 0.2) is 36.7 Å². The highest BCUT2D eigenvalue weighted by Crippen LogP contribution is 2.27. The predicted molar refractivity (Wildman–Crippen MR) is 97.6 cm³/mol. The van der Waals surface area contributed by atoms with Crippen LogP contribution in [0.5, 0.6) is 0 Å². The lowest BCUT2D eigenvalue weighted by Crippen LogP contribution is -2.57. The maximum atomic E-state index is 12.1. The molecule has 0 N–H and O–H groups in total. The molecule has 0 radical (unpaired) electrons. The zero-order valence-corrected chi connectivity index (χ0v) is 15.5. The van der Waals surface area contributed by atoms with Gasteiger partial charge in [-0.3, -0.25) is 9.80 Å². The van der Waals surface area contributed by atoms with Gasteiger partial charge in [-0.1, -0.05) is 17.7 Å². The van der Waals surface area contributed by atoms with Crippen molar-refractivity contribution in [3.8, 4) is 5.69 Å². The van der Waals surface area contributed by atoms with Crippen LogP contribution in [0.1, 0.15) is 11.1 Å². The summed E-state index contributed by atoms with van der Waals surface area (Å²) in [5.41, 5.74) is 3.38. The summed E-state index contributed by atoms with van der Waals surface area (Å²) in [4.78, 5) is 4.51. The normalized spacial score (nSPS) is 26.6. The Labute approximate surface area is 149 Å². The third kappa shape index (κ3) is 3.36. The average molecular weight is 360 g/mol. The smallest absolute Gasteiger partial charge is 0.153 e. The number of aryl methyl sites for hydroxylation is 1. The molecule has 0 bridgehead atoms. The van der Waals surface area contributed by atoms with Crippen molar-refractivity contribution in [2.75, 3.05) is 31.6 Å². The van der Waals surface area contributed by atoms with Crippen LogP contribution in [0.2, 0.25) is 0 Å². The van der Waals surface area contributed by atoms with Crippen LogP contribution >= 0.6 is 0 Å². The van der Waals surface area contributed by atoms with Gasteiger partial charge in [0.25, 0.3) is 0 Å². The van der Waals surface area contributed by atoms with Crippen LogP contribution < -0.4 is 0 Å². The van der Waals surface area contributed by atoms with Crippen LogP contribution in [0.4, 0.5) is 0 Å². The van der Waals surface area contributed by atoms with Gasteiger partial charge in [-0.15, -0.1) is 0 Å². The van der Waals surface area contributed by atoms with E-state index in [1.807, 2.05) is 24.1 Å². The van der Waals surface area contributed by atoms with E-state index < -0.39 is 9.84 Å². The molecule has 2 aliphatic rings. The largest absolute Gasteiger partial charge is 0.300 e. The summed E-state index contributed by atoms with van der Waals surface area (Å²) in [7, 11) is -0.900. The molecular weight excluding hydrogens is 336 g/mol. The van der Waals surface area contributed by atoms with E-state index in [4.69, 9.17) is 0 Å². The van der Waals surface area contributed by atoms with Crippen LogP contribution in [0, 0.1) is 6.92 Å². The summed E-state index contributed by atoms with van der Waals surface area (Å²) in [5.74, 6) is 0.557. The van der Waals surface area contributed by atoms with Gasteiger partial charge < -0.3 is 0 Å². The van der Waals surface area contributed by atoms with Gasteiger partial charge in [0.05, 0.1) is 23.4 Å². The number of likely N-dealkylation sites (N-methyl/N-ethyl adjacent to an activating group) is 1. The molecule has 0 aliphatic carbocycles. The summed E-state index contributed by atoms with van der Waals surface area (Å²) in [6, 6.07) is 8.47. The Kier molecular flexibility index (Phi) is 4.17. The Bertz CT molecular complexity index is 859. The molecule has 0 saturated carbocycles. The maximum Gasteiger partial charge on any atom is 0.153 e. The number of fused-ring (bicyclic) bond motifs is 1. The fourth-order valence-electron chi connectivity index (χ4n) is 3.91. The van der Waals surface area contributed by atoms with E-state index in [2.05, 4.69) is 46.1 Å². The SMILES string of the molecule is Cc1ccc(-n2cc(CN3CCN(C)[C@H]4CS(=O)(=O)C[C@H]43)cn2)cc1. The first-order valence-corrected chi connectivity index (χ1v) is 10.5. The summed E-state index contributed by atoms with van der Waals surface area (Å²) in [6.07, 6.45) is 3.93. The van der Waals surface area contributed by atoms with Crippen LogP contribution in [-0.4, -0.2) is 71.7 Å². The molecular formula is C18H24N4O2S. The van der Waals surface area contributed by atoms with E-state index in [-0.39, 0.29) is 23.6 Å². The highest BCUT2D eigenvalue weighted by atomic mass is 32.2. The van der Waals surface area contributed by atoms with Gasteiger partial charge in [0, 0.05) is 43.5 Å². The molecule has 1 aromatic carbocycles. The lowest BCUT2D eigenvalue weighted by atomic mass is 10.1. The molecule has 0 spiro atoms. The Hall–Kier alpha value is -1.70. The van der Waals surface area contributed by atoms with E-state index in [0.29, 0.717) is 0 Å². The number of hydrogen-bond donors (Lipinski definition) is 0. The van der Waals surface area contributed by atoms with E-state index >= 15 is 0 Å². The third-order valence-electron chi connectivity index (χ3n) is 5.39. The van der Waals surface area contributed by atoms with Crippen molar-refractivity contribution in [2.45, 2.75) is 25.6 Å². The molecule has 1 aromatic heterocycles. The second-order valence-electron chi connectivity index (χ2n) is 7.29. The first kappa shape index (κ1) is 16.8. The van der Waals surface area contributed by atoms with Crippen molar-refractivity contribution in [1.29, 1.82) is 0 Å². The number of sulfone groups is 1. The average Bonchev–Trinajstić information content (AvgIpc) is 3.15. The molecule has 4 rings (SSSR count). The molecule has 7 heteroatoms. The van der Waals surface area contributed by atoms with Crippen molar-refractivity contribution in [1.82, 2.24) is 19.6 Å². The molecule has 2 fully saturated rings. The van der Waals surface area contributed by atoms with Gasteiger partial charge in [0.2, 0.25) is 0 Å². The first-order chi connectivity index (χ1) is 11.9.